The van der Waals surface area contributed by atoms with Crippen molar-refractivity contribution in [3.05, 3.63) is 60.9 Å². The highest BCUT2D eigenvalue weighted by atomic mass is 19.4. The number of halogens is 5. The van der Waals surface area contributed by atoms with Crippen molar-refractivity contribution in [1.82, 2.24) is 9.97 Å². The van der Waals surface area contributed by atoms with Gasteiger partial charge >= 0.3 is 7.54 Å². The van der Waals surface area contributed by atoms with Crippen molar-refractivity contribution in [2.24, 2.45) is 0 Å². The van der Waals surface area contributed by atoms with Gasteiger partial charge in [0.15, 0.2) is 23.3 Å². The average molecular weight is 406 g/mol. The summed E-state index contributed by atoms with van der Waals surface area (Å²) in [5.41, 5.74) is 5.03. The highest BCUT2D eigenvalue weighted by Crippen LogP contribution is 2.07. The van der Waals surface area contributed by atoms with Gasteiger partial charge in [-0.15, -0.1) is 6.58 Å². The second-order valence-corrected chi connectivity index (χ2v) is 4.40. The van der Waals surface area contributed by atoms with Crippen molar-refractivity contribution in [1.29, 1.82) is 0 Å². The number of ether oxygens (including phenoxy) is 1. The van der Waals surface area contributed by atoms with E-state index in [9.17, 15) is 21.7 Å². The highest BCUT2D eigenvalue weighted by Gasteiger charge is 2.06. The van der Waals surface area contributed by atoms with Gasteiger partial charge in [0.25, 0.3) is 0 Å². The summed E-state index contributed by atoms with van der Waals surface area (Å²) in [6, 6.07) is 5.67. The van der Waals surface area contributed by atoms with Crippen LogP contribution in [0.5, 0.6) is 0 Å². The monoisotopic (exact) mass is 406 g/mol. The zero-order valence-electron chi connectivity index (χ0n) is 15.7. The zero-order chi connectivity index (χ0) is 21.8. The van der Waals surface area contributed by atoms with Gasteiger partial charge in [-0.25, -0.2) is 18.7 Å². The Labute approximate surface area is 162 Å². The lowest BCUT2D eigenvalue weighted by molar-refractivity contribution is 0.162. The Kier molecular flexibility index (Phi) is 18.8. The molecule has 28 heavy (non-hydrogen) atoms. The molecule has 11 heteroatoms. The molecular weight excluding hydrogens is 382 g/mol. The average Bonchev–Trinajstić information content (AvgIpc) is 2.65. The standard InChI is InChI=1S/C8H9FN2.C5H5FN2.C4H10O.BF3/c1-2-5-10-8-7(9)4-3-6-11-8;6-4-2-1-3-8-5(4)7;1-3-5-4-2;2-1(3)4/h2-4,6H,1,5H2,(H,10,11);1-3H,(H2,7,8);3-4H2,1-2H3;. The third-order valence-electron chi connectivity index (χ3n) is 2.37. The van der Waals surface area contributed by atoms with Crippen LogP contribution in [0.15, 0.2) is 49.3 Å². The van der Waals surface area contributed by atoms with Gasteiger partial charge in [-0.05, 0) is 38.1 Å². The Morgan fingerprint density at radius 3 is 1.89 bits per heavy atom. The molecule has 5 nitrogen and oxygen atoms in total. The number of nitrogens with one attached hydrogen (secondary N) is 1. The SMILES string of the molecule is C=CCNc1ncccc1F.CCOCC.FB(F)F.Nc1ncccc1F. The largest absolute Gasteiger partial charge is 0.762 e. The quantitative estimate of drug-likeness (QED) is 0.433. The van der Waals surface area contributed by atoms with E-state index >= 15 is 0 Å². The number of hydrogen-bond acceptors (Lipinski definition) is 5. The van der Waals surface area contributed by atoms with Crippen molar-refractivity contribution in [3.63, 3.8) is 0 Å². The third-order valence-corrected chi connectivity index (χ3v) is 2.37. The fourth-order valence-electron chi connectivity index (χ4n) is 1.29. The Hall–Kier alpha value is -2.69. The molecule has 3 N–H and O–H groups in total. The van der Waals surface area contributed by atoms with Crippen LogP contribution in [0.2, 0.25) is 0 Å². The Bertz CT molecular complexity index is 612. The van der Waals surface area contributed by atoms with E-state index in [-0.39, 0.29) is 17.5 Å². The van der Waals surface area contributed by atoms with Crippen LogP contribution in [0.1, 0.15) is 13.8 Å². The second-order valence-electron chi connectivity index (χ2n) is 4.40. The maximum atomic E-state index is 12.8. The van der Waals surface area contributed by atoms with Gasteiger partial charge in [-0.1, -0.05) is 6.08 Å². The van der Waals surface area contributed by atoms with Crippen LogP contribution in [0.4, 0.5) is 33.4 Å². The number of anilines is 2. The molecule has 0 fully saturated rings. The molecule has 0 aromatic carbocycles. The Morgan fingerprint density at radius 2 is 1.57 bits per heavy atom. The molecule has 2 rings (SSSR count). The van der Waals surface area contributed by atoms with E-state index in [2.05, 4.69) is 21.9 Å². The van der Waals surface area contributed by atoms with E-state index in [4.69, 9.17) is 10.5 Å². The van der Waals surface area contributed by atoms with Gasteiger partial charge in [-0.2, -0.15) is 0 Å². The normalized spacial score (nSPS) is 8.68. The molecule has 0 atom stereocenters. The maximum absolute atomic E-state index is 12.8. The van der Waals surface area contributed by atoms with Crippen molar-refractivity contribution < 1.29 is 26.5 Å². The molecule has 0 bridgehead atoms. The highest BCUT2D eigenvalue weighted by molar-refractivity contribution is 6.33. The van der Waals surface area contributed by atoms with E-state index in [0.29, 0.717) is 6.54 Å². The number of nitrogens with two attached hydrogens (primary N) is 1. The predicted molar refractivity (Wildman–Crippen MR) is 103 cm³/mol. The summed E-state index contributed by atoms with van der Waals surface area (Å²) in [7, 11) is -3.67. The van der Waals surface area contributed by atoms with Crippen LogP contribution in [-0.4, -0.2) is 37.3 Å². The lowest BCUT2D eigenvalue weighted by Gasteiger charge is -2.01. The van der Waals surface area contributed by atoms with E-state index in [1.165, 1.54) is 30.6 Å². The molecule has 0 aliphatic heterocycles. The molecule has 2 heterocycles. The topological polar surface area (TPSA) is 73.1 Å². The summed E-state index contributed by atoms with van der Waals surface area (Å²) >= 11 is 0. The fourth-order valence-corrected chi connectivity index (χ4v) is 1.29. The minimum absolute atomic E-state index is 0.0486. The molecular formula is C17H24BF5N4O. The summed E-state index contributed by atoms with van der Waals surface area (Å²) in [5, 5.41) is 2.76. The van der Waals surface area contributed by atoms with Gasteiger partial charge in [0.1, 0.15) is 0 Å². The van der Waals surface area contributed by atoms with Gasteiger partial charge in [0.05, 0.1) is 0 Å². The van der Waals surface area contributed by atoms with Crippen molar-refractivity contribution >= 4 is 19.2 Å². The zero-order valence-corrected chi connectivity index (χ0v) is 15.7. The van der Waals surface area contributed by atoms with Crippen molar-refractivity contribution in [3.8, 4) is 0 Å². The molecule has 0 saturated carbocycles. The summed E-state index contributed by atoms with van der Waals surface area (Å²) < 4.78 is 58.7. The Balaban J connectivity index is 0. The van der Waals surface area contributed by atoms with Gasteiger partial charge in [0, 0.05) is 32.2 Å². The third kappa shape index (κ3) is 18.1. The minimum atomic E-state index is -3.67. The number of pyridine rings is 2. The van der Waals surface area contributed by atoms with E-state index in [0.717, 1.165) is 13.2 Å². The molecule has 0 saturated heterocycles. The lowest BCUT2D eigenvalue weighted by Crippen LogP contribution is -2.01. The number of nitrogens with zero attached hydrogens (tertiary/aromatic N) is 2. The van der Waals surface area contributed by atoms with Gasteiger partial charge in [-0.3, -0.25) is 12.9 Å². The first-order valence-electron chi connectivity index (χ1n) is 8.11. The van der Waals surface area contributed by atoms with Crippen molar-refractivity contribution in [2.75, 3.05) is 30.8 Å². The number of nitrogen functional groups attached to an aromatic ring is 1. The Morgan fingerprint density at radius 1 is 1.07 bits per heavy atom. The summed E-state index contributed by atoms with van der Waals surface area (Å²) in [4.78, 5) is 7.26. The van der Waals surface area contributed by atoms with Crippen LogP contribution in [0.3, 0.4) is 0 Å². The minimum Gasteiger partial charge on any atom is -0.382 e. The van der Waals surface area contributed by atoms with Crippen LogP contribution in [0, 0.1) is 11.6 Å². The van der Waals surface area contributed by atoms with Gasteiger partial charge in [0.2, 0.25) is 0 Å². The molecule has 2 aromatic rings. The lowest BCUT2D eigenvalue weighted by atomic mass is 10.4. The van der Waals surface area contributed by atoms with Crippen LogP contribution in [0.25, 0.3) is 0 Å². The molecule has 156 valence electrons. The molecule has 0 unspecified atom stereocenters. The summed E-state index contributed by atoms with van der Waals surface area (Å²) in [6.45, 7) is 9.68. The van der Waals surface area contributed by atoms with E-state index < -0.39 is 13.4 Å². The molecule has 0 aliphatic rings. The number of aromatic nitrogens is 2. The second kappa shape index (κ2) is 19.1. The first kappa shape index (κ1) is 27.5. The number of hydrogen-bond donors (Lipinski definition) is 2. The molecule has 0 radical (unpaired) electrons. The smallest absolute Gasteiger partial charge is 0.382 e. The van der Waals surface area contributed by atoms with Crippen molar-refractivity contribution in [2.45, 2.75) is 13.8 Å². The molecule has 0 amide bonds. The molecule has 0 aliphatic carbocycles. The predicted octanol–water partition coefficient (Wildman–Crippen LogP) is 4.54. The molecule has 2 aromatic heterocycles. The van der Waals surface area contributed by atoms with E-state index in [1.807, 2.05) is 13.8 Å². The summed E-state index contributed by atoms with van der Waals surface area (Å²) in [5.74, 6) is -0.582. The van der Waals surface area contributed by atoms with Gasteiger partial charge < -0.3 is 15.8 Å². The van der Waals surface area contributed by atoms with Crippen LogP contribution >= 0.6 is 0 Å². The van der Waals surface area contributed by atoms with Crippen LogP contribution < -0.4 is 11.1 Å². The van der Waals surface area contributed by atoms with E-state index in [1.54, 1.807) is 12.1 Å². The summed E-state index contributed by atoms with van der Waals surface area (Å²) in [6.07, 6.45) is 4.63. The molecule has 0 spiro atoms. The first-order valence-corrected chi connectivity index (χ1v) is 8.11. The maximum Gasteiger partial charge on any atom is 0.762 e. The fraction of sp³-hybridized carbons (Fsp3) is 0.294. The number of rotatable bonds is 5. The van der Waals surface area contributed by atoms with Crippen LogP contribution in [-0.2, 0) is 4.74 Å². The first-order chi connectivity index (χ1) is 13.3.